The molecule has 0 aliphatic carbocycles. The molecule has 2 heterocycles. The van der Waals surface area contributed by atoms with Gasteiger partial charge in [-0.3, -0.25) is 20.2 Å². The van der Waals surface area contributed by atoms with Gasteiger partial charge in [-0.05, 0) is 12.1 Å². The smallest absolute Gasteiger partial charge is 0.355 e. The molecule has 6 heteroatoms. The first kappa shape index (κ1) is 12.3. The first-order valence-corrected chi connectivity index (χ1v) is 6.10. The minimum atomic E-state index is -0.470. The second-order valence-corrected chi connectivity index (χ2v) is 4.43. The largest absolute Gasteiger partial charge is 0.464 e. The van der Waals surface area contributed by atoms with E-state index >= 15 is 0 Å². The van der Waals surface area contributed by atoms with Crippen molar-refractivity contribution < 1.29 is 14.3 Å². The summed E-state index contributed by atoms with van der Waals surface area (Å²) in [6.07, 6.45) is 1.68. The summed E-state index contributed by atoms with van der Waals surface area (Å²) in [6, 6.07) is 7.53. The average molecular weight is 271 g/mol. The van der Waals surface area contributed by atoms with Crippen LogP contribution in [0, 0.1) is 0 Å². The molecule has 0 radical (unpaired) electrons. The summed E-state index contributed by atoms with van der Waals surface area (Å²) in [5.41, 5.74) is 7.51. The zero-order valence-corrected chi connectivity index (χ0v) is 11.1. The highest BCUT2D eigenvalue weighted by Gasteiger charge is 2.23. The van der Waals surface area contributed by atoms with Crippen LogP contribution in [0.3, 0.4) is 0 Å². The molecule has 0 saturated carbocycles. The van der Waals surface area contributed by atoms with Gasteiger partial charge in [-0.1, -0.05) is 18.2 Å². The SMILES string of the molecule is COC(=O)C1=Cc2c(n(C(C)=O)c3ccccc23)NN1. The van der Waals surface area contributed by atoms with Gasteiger partial charge in [-0.2, -0.15) is 0 Å². The number of nitrogens with zero attached hydrogens (tertiary/aromatic N) is 1. The lowest BCUT2D eigenvalue weighted by Gasteiger charge is -2.18. The predicted octanol–water partition coefficient (Wildman–Crippen LogP) is 1.75. The van der Waals surface area contributed by atoms with E-state index in [-0.39, 0.29) is 5.91 Å². The van der Waals surface area contributed by atoms with E-state index in [9.17, 15) is 9.59 Å². The standard InChI is InChI=1S/C14H13N3O3/c1-8(18)17-12-6-4-3-5-9(12)10-7-11(14(19)20-2)15-16-13(10)17/h3-7,15-16H,1-2H3. The molecular weight excluding hydrogens is 258 g/mol. The Kier molecular flexibility index (Phi) is 2.71. The number of anilines is 1. The Bertz CT molecular complexity index is 758. The number of rotatable bonds is 1. The van der Waals surface area contributed by atoms with Crippen molar-refractivity contribution in [3.63, 3.8) is 0 Å². The van der Waals surface area contributed by atoms with Gasteiger partial charge in [0.25, 0.3) is 0 Å². The highest BCUT2D eigenvalue weighted by Crippen LogP contribution is 2.33. The number of hydrogen-bond acceptors (Lipinski definition) is 5. The van der Waals surface area contributed by atoms with Crippen LogP contribution in [-0.2, 0) is 9.53 Å². The summed E-state index contributed by atoms with van der Waals surface area (Å²) in [4.78, 5) is 23.4. The number of methoxy groups -OCH3 is 1. The molecule has 0 atom stereocenters. The predicted molar refractivity (Wildman–Crippen MR) is 75.0 cm³/mol. The fourth-order valence-corrected chi connectivity index (χ4v) is 2.39. The van der Waals surface area contributed by atoms with Crippen LogP contribution in [0.4, 0.5) is 5.82 Å². The molecule has 0 amide bonds. The highest BCUT2D eigenvalue weighted by molar-refractivity contribution is 6.07. The third kappa shape index (κ3) is 1.65. The summed E-state index contributed by atoms with van der Waals surface area (Å²) in [6.45, 7) is 1.49. The third-order valence-electron chi connectivity index (χ3n) is 3.24. The number of carbonyl (C=O) groups excluding carboxylic acids is 2. The molecule has 1 aromatic heterocycles. The minimum absolute atomic E-state index is 0.105. The van der Waals surface area contributed by atoms with Crippen molar-refractivity contribution in [1.82, 2.24) is 9.99 Å². The molecule has 6 nitrogen and oxygen atoms in total. The van der Waals surface area contributed by atoms with E-state index in [1.807, 2.05) is 24.3 Å². The topological polar surface area (TPSA) is 72.4 Å². The molecular formula is C14H13N3O3. The number of benzene rings is 1. The van der Waals surface area contributed by atoms with Crippen molar-refractivity contribution in [2.24, 2.45) is 0 Å². The number of hydrazine groups is 1. The monoisotopic (exact) mass is 271 g/mol. The molecule has 1 aliphatic heterocycles. The van der Waals surface area contributed by atoms with Crippen LogP contribution in [0.15, 0.2) is 30.0 Å². The Balaban J connectivity index is 2.30. The number of para-hydroxylation sites is 1. The van der Waals surface area contributed by atoms with Gasteiger partial charge in [0.2, 0.25) is 5.91 Å². The Labute approximate surface area is 115 Å². The maximum absolute atomic E-state index is 11.8. The van der Waals surface area contributed by atoms with Crippen LogP contribution in [0.25, 0.3) is 17.0 Å². The zero-order valence-electron chi connectivity index (χ0n) is 11.1. The Morgan fingerprint density at radius 1 is 1.20 bits per heavy atom. The number of carbonyl (C=O) groups is 2. The van der Waals surface area contributed by atoms with Crippen molar-refractivity contribution in [3.8, 4) is 0 Å². The van der Waals surface area contributed by atoms with E-state index in [0.717, 1.165) is 16.5 Å². The van der Waals surface area contributed by atoms with Crippen LogP contribution in [0.2, 0.25) is 0 Å². The lowest BCUT2D eigenvalue weighted by molar-refractivity contribution is -0.136. The number of hydrogen-bond donors (Lipinski definition) is 2. The molecule has 102 valence electrons. The molecule has 1 aliphatic rings. The Morgan fingerprint density at radius 2 is 1.95 bits per heavy atom. The number of fused-ring (bicyclic) bond motifs is 3. The zero-order chi connectivity index (χ0) is 14.3. The molecule has 1 aromatic carbocycles. The molecule has 0 saturated heterocycles. The second-order valence-electron chi connectivity index (χ2n) is 4.43. The molecule has 2 aromatic rings. The van der Waals surface area contributed by atoms with Crippen molar-refractivity contribution in [2.75, 3.05) is 12.5 Å². The van der Waals surface area contributed by atoms with E-state index in [2.05, 4.69) is 15.6 Å². The Morgan fingerprint density at radius 3 is 2.65 bits per heavy atom. The summed E-state index contributed by atoms with van der Waals surface area (Å²) in [5, 5.41) is 0.896. The van der Waals surface area contributed by atoms with E-state index in [1.54, 1.807) is 10.6 Å². The Hall–Kier alpha value is -2.76. The summed E-state index contributed by atoms with van der Waals surface area (Å²) >= 11 is 0. The average Bonchev–Trinajstić information content (AvgIpc) is 2.80. The van der Waals surface area contributed by atoms with E-state index in [0.29, 0.717) is 11.5 Å². The molecule has 2 N–H and O–H groups in total. The quantitative estimate of drug-likeness (QED) is 0.773. The summed E-state index contributed by atoms with van der Waals surface area (Å²) in [5.74, 6) is 0.0424. The maximum Gasteiger partial charge on any atom is 0.355 e. The number of nitrogens with one attached hydrogen (secondary N) is 2. The fraction of sp³-hybridized carbons (Fsp3) is 0.143. The van der Waals surface area contributed by atoms with Gasteiger partial charge < -0.3 is 4.74 Å². The lowest BCUT2D eigenvalue weighted by atomic mass is 10.1. The number of aromatic nitrogens is 1. The van der Waals surface area contributed by atoms with Gasteiger partial charge >= 0.3 is 5.97 Å². The van der Waals surface area contributed by atoms with Gasteiger partial charge in [0, 0.05) is 17.9 Å². The highest BCUT2D eigenvalue weighted by atomic mass is 16.5. The van der Waals surface area contributed by atoms with E-state index < -0.39 is 5.97 Å². The van der Waals surface area contributed by atoms with Crippen molar-refractivity contribution >= 4 is 34.7 Å². The van der Waals surface area contributed by atoms with Gasteiger partial charge in [-0.25, -0.2) is 4.79 Å². The molecule has 0 unspecified atom stereocenters. The van der Waals surface area contributed by atoms with E-state index in [4.69, 9.17) is 0 Å². The molecule has 20 heavy (non-hydrogen) atoms. The van der Waals surface area contributed by atoms with Crippen LogP contribution >= 0.6 is 0 Å². The first-order valence-electron chi connectivity index (χ1n) is 6.10. The molecule has 3 rings (SSSR count). The normalized spacial score (nSPS) is 13.0. The van der Waals surface area contributed by atoms with Crippen LogP contribution in [-0.4, -0.2) is 23.6 Å². The van der Waals surface area contributed by atoms with Crippen molar-refractivity contribution in [2.45, 2.75) is 6.92 Å². The van der Waals surface area contributed by atoms with E-state index in [1.165, 1.54) is 14.0 Å². The van der Waals surface area contributed by atoms with Gasteiger partial charge in [-0.15, -0.1) is 0 Å². The molecule has 0 spiro atoms. The van der Waals surface area contributed by atoms with Gasteiger partial charge in [0.15, 0.2) is 0 Å². The lowest BCUT2D eigenvalue weighted by Crippen LogP contribution is -2.31. The molecule has 0 bridgehead atoms. The first-order chi connectivity index (χ1) is 9.63. The van der Waals surface area contributed by atoms with Gasteiger partial charge in [0.05, 0.1) is 12.6 Å². The third-order valence-corrected chi connectivity index (χ3v) is 3.24. The second kappa shape index (κ2) is 4.41. The van der Waals surface area contributed by atoms with Crippen LogP contribution in [0.5, 0.6) is 0 Å². The van der Waals surface area contributed by atoms with Crippen molar-refractivity contribution in [3.05, 3.63) is 35.5 Å². The van der Waals surface area contributed by atoms with Gasteiger partial charge in [0.1, 0.15) is 11.5 Å². The minimum Gasteiger partial charge on any atom is -0.464 e. The number of esters is 1. The molecule has 0 fully saturated rings. The summed E-state index contributed by atoms with van der Waals surface area (Å²) < 4.78 is 6.26. The van der Waals surface area contributed by atoms with Crippen LogP contribution in [0.1, 0.15) is 17.3 Å². The maximum atomic E-state index is 11.8. The van der Waals surface area contributed by atoms with Crippen molar-refractivity contribution in [1.29, 1.82) is 0 Å². The van der Waals surface area contributed by atoms with Crippen LogP contribution < -0.4 is 10.9 Å². The number of ether oxygens (including phenoxy) is 1. The summed E-state index contributed by atoms with van der Waals surface area (Å²) in [7, 11) is 1.32. The fourth-order valence-electron chi connectivity index (χ4n) is 2.39.